The highest BCUT2D eigenvalue weighted by atomic mass is 32.2. The lowest BCUT2D eigenvalue weighted by atomic mass is 10.0. The third-order valence-corrected chi connectivity index (χ3v) is 7.65. The minimum atomic E-state index is -4.21. The SMILES string of the molecule is CCc1ccc(CC)c(CNC(=O)CN(c2ccc(F)cc2)S(=O)(=O)c2ccc(OC)c(OC)c2)c1. The number of carbonyl (C=O) groups is 1. The molecule has 1 N–H and O–H groups in total. The number of benzene rings is 3. The lowest BCUT2D eigenvalue weighted by Crippen LogP contribution is -2.40. The fourth-order valence-electron chi connectivity index (χ4n) is 3.82. The maximum Gasteiger partial charge on any atom is 0.264 e. The number of carbonyl (C=O) groups excluding carboxylic acids is 1. The third kappa shape index (κ3) is 6.15. The molecule has 9 heteroatoms. The second-order valence-corrected chi connectivity index (χ2v) is 9.95. The molecule has 0 saturated carbocycles. The summed E-state index contributed by atoms with van der Waals surface area (Å²) >= 11 is 0. The smallest absolute Gasteiger partial charge is 0.264 e. The molecule has 0 heterocycles. The monoisotopic (exact) mass is 514 g/mol. The summed E-state index contributed by atoms with van der Waals surface area (Å²) in [7, 11) is -1.37. The van der Waals surface area contributed by atoms with Gasteiger partial charge in [-0.3, -0.25) is 9.10 Å². The second-order valence-electron chi connectivity index (χ2n) is 8.09. The van der Waals surface area contributed by atoms with Crippen molar-refractivity contribution in [2.45, 2.75) is 38.1 Å². The number of anilines is 1. The second kappa shape index (κ2) is 11.9. The molecule has 0 aliphatic carbocycles. The molecule has 0 spiro atoms. The van der Waals surface area contributed by atoms with Crippen LogP contribution in [0.15, 0.2) is 65.6 Å². The van der Waals surface area contributed by atoms with E-state index in [0.29, 0.717) is 5.75 Å². The Hall–Kier alpha value is -3.59. The number of sulfonamides is 1. The molecule has 3 aromatic rings. The van der Waals surface area contributed by atoms with Crippen molar-refractivity contribution < 1.29 is 27.1 Å². The molecule has 0 fully saturated rings. The Balaban J connectivity index is 1.91. The molecule has 0 radical (unpaired) electrons. The molecule has 0 saturated heterocycles. The van der Waals surface area contributed by atoms with Crippen molar-refractivity contribution in [1.29, 1.82) is 0 Å². The van der Waals surface area contributed by atoms with Crippen molar-refractivity contribution in [3.8, 4) is 11.5 Å². The first-order valence-electron chi connectivity index (χ1n) is 11.6. The van der Waals surface area contributed by atoms with Crippen LogP contribution < -0.4 is 19.1 Å². The zero-order valence-electron chi connectivity index (χ0n) is 20.9. The number of ether oxygens (including phenoxy) is 2. The molecule has 192 valence electrons. The van der Waals surface area contributed by atoms with E-state index in [-0.39, 0.29) is 22.9 Å². The first kappa shape index (κ1) is 27.0. The molecule has 0 aromatic heterocycles. The van der Waals surface area contributed by atoms with E-state index in [2.05, 4.69) is 24.4 Å². The molecule has 0 aliphatic rings. The van der Waals surface area contributed by atoms with E-state index in [0.717, 1.165) is 46.0 Å². The lowest BCUT2D eigenvalue weighted by Gasteiger charge is -2.24. The quantitative estimate of drug-likeness (QED) is 0.408. The maximum absolute atomic E-state index is 13.6. The highest BCUT2D eigenvalue weighted by molar-refractivity contribution is 7.92. The number of hydrogen-bond donors (Lipinski definition) is 1. The average Bonchev–Trinajstić information content (AvgIpc) is 2.90. The molecule has 7 nitrogen and oxygen atoms in total. The first-order valence-corrected chi connectivity index (χ1v) is 13.0. The molecule has 0 atom stereocenters. The van der Waals surface area contributed by atoms with Gasteiger partial charge in [-0.25, -0.2) is 12.8 Å². The fourth-order valence-corrected chi connectivity index (χ4v) is 5.25. The van der Waals surface area contributed by atoms with Gasteiger partial charge < -0.3 is 14.8 Å². The van der Waals surface area contributed by atoms with Gasteiger partial charge in [0.15, 0.2) is 11.5 Å². The number of amides is 1. The molecule has 36 heavy (non-hydrogen) atoms. The van der Waals surface area contributed by atoms with E-state index < -0.39 is 28.3 Å². The van der Waals surface area contributed by atoms with E-state index in [1.54, 1.807) is 0 Å². The van der Waals surface area contributed by atoms with Crippen LogP contribution in [-0.4, -0.2) is 35.1 Å². The van der Waals surface area contributed by atoms with Crippen LogP contribution in [0, 0.1) is 5.82 Å². The summed E-state index contributed by atoms with van der Waals surface area (Å²) in [6, 6.07) is 15.3. The zero-order valence-corrected chi connectivity index (χ0v) is 21.7. The summed E-state index contributed by atoms with van der Waals surface area (Å²) < 4.78 is 52.2. The molecule has 3 aromatic carbocycles. The Morgan fingerprint density at radius 2 is 1.58 bits per heavy atom. The van der Waals surface area contributed by atoms with Crippen molar-refractivity contribution in [2.24, 2.45) is 0 Å². The number of halogens is 1. The van der Waals surface area contributed by atoms with Gasteiger partial charge in [-0.05, 0) is 65.9 Å². The van der Waals surface area contributed by atoms with Crippen LogP contribution in [0.3, 0.4) is 0 Å². The number of methoxy groups -OCH3 is 2. The normalized spacial score (nSPS) is 11.1. The Kier molecular flexibility index (Phi) is 8.93. The van der Waals surface area contributed by atoms with Crippen LogP contribution in [0.25, 0.3) is 0 Å². The van der Waals surface area contributed by atoms with Crippen molar-refractivity contribution in [3.63, 3.8) is 0 Å². The van der Waals surface area contributed by atoms with Crippen LogP contribution >= 0.6 is 0 Å². The summed E-state index contributed by atoms with van der Waals surface area (Å²) in [4.78, 5) is 12.9. The average molecular weight is 515 g/mol. The molecular weight excluding hydrogens is 483 g/mol. The minimum Gasteiger partial charge on any atom is -0.493 e. The Morgan fingerprint density at radius 1 is 0.889 bits per heavy atom. The Bertz CT molecular complexity index is 1310. The van der Waals surface area contributed by atoms with E-state index in [1.807, 2.05) is 13.0 Å². The van der Waals surface area contributed by atoms with Crippen LogP contribution in [0.5, 0.6) is 11.5 Å². The van der Waals surface area contributed by atoms with Gasteiger partial charge in [0.1, 0.15) is 12.4 Å². The Morgan fingerprint density at radius 3 is 2.19 bits per heavy atom. The van der Waals surface area contributed by atoms with Crippen molar-refractivity contribution in [3.05, 3.63) is 83.2 Å². The third-order valence-electron chi connectivity index (χ3n) is 5.88. The predicted molar refractivity (Wildman–Crippen MR) is 138 cm³/mol. The first-order chi connectivity index (χ1) is 17.2. The van der Waals surface area contributed by atoms with E-state index >= 15 is 0 Å². The molecular formula is C27H31FN2O5S. The number of rotatable bonds is 11. The highest BCUT2D eigenvalue weighted by Crippen LogP contribution is 2.32. The number of nitrogens with one attached hydrogen (secondary N) is 1. The summed E-state index contributed by atoms with van der Waals surface area (Å²) in [5, 5.41) is 2.84. The highest BCUT2D eigenvalue weighted by Gasteiger charge is 2.28. The van der Waals surface area contributed by atoms with Gasteiger partial charge in [0.25, 0.3) is 10.0 Å². The topological polar surface area (TPSA) is 84.9 Å². The zero-order chi connectivity index (χ0) is 26.3. The number of hydrogen-bond acceptors (Lipinski definition) is 5. The van der Waals surface area contributed by atoms with Crippen LogP contribution in [0.2, 0.25) is 0 Å². The van der Waals surface area contributed by atoms with Gasteiger partial charge >= 0.3 is 0 Å². The summed E-state index contributed by atoms with van der Waals surface area (Å²) in [5.41, 5.74) is 3.41. The fraction of sp³-hybridized carbons (Fsp3) is 0.296. The van der Waals surface area contributed by atoms with E-state index in [9.17, 15) is 17.6 Å². The molecule has 1 amide bonds. The Labute approximate surface area is 211 Å². The summed E-state index contributed by atoms with van der Waals surface area (Å²) in [5.74, 6) is -0.421. The maximum atomic E-state index is 13.6. The van der Waals surface area contributed by atoms with Gasteiger partial charge in [0.05, 0.1) is 24.8 Å². The molecule has 0 unspecified atom stereocenters. The number of aryl methyl sites for hydroxylation is 2. The van der Waals surface area contributed by atoms with Gasteiger partial charge in [0.2, 0.25) is 5.91 Å². The minimum absolute atomic E-state index is 0.0961. The van der Waals surface area contributed by atoms with Crippen LogP contribution in [-0.2, 0) is 34.2 Å². The van der Waals surface area contributed by atoms with Crippen LogP contribution in [0.1, 0.15) is 30.5 Å². The van der Waals surface area contributed by atoms with E-state index in [1.165, 1.54) is 44.6 Å². The lowest BCUT2D eigenvalue weighted by molar-refractivity contribution is -0.119. The summed E-state index contributed by atoms with van der Waals surface area (Å²) in [6.45, 7) is 3.88. The molecule has 3 rings (SSSR count). The van der Waals surface area contributed by atoms with Gasteiger partial charge in [-0.1, -0.05) is 32.0 Å². The van der Waals surface area contributed by atoms with Crippen molar-refractivity contribution in [1.82, 2.24) is 5.32 Å². The summed E-state index contributed by atoms with van der Waals surface area (Å²) in [6.07, 6.45) is 1.68. The van der Waals surface area contributed by atoms with Crippen molar-refractivity contribution >= 4 is 21.6 Å². The van der Waals surface area contributed by atoms with Gasteiger partial charge in [-0.15, -0.1) is 0 Å². The number of nitrogens with zero attached hydrogens (tertiary/aromatic N) is 1. The van der Waals surface area contributed by atoms with Crippen LogP contribution in [0.4, 0.5) is 10.1 Å². The van der Waals surface area contributed by atoms with E-state index in [4.69, 9.17) is 9.47 Å². The standard InChI is InChI=1S/C27H31FN2O5S/c1-5-19-7-8-20(6-2)21(15-19)17-29-27(31)18-30(23-11-9-22(28)10-12-23)36(32,33)24-13-14-25(34-3)26(16-24)35-4/h7-16H,5-6,17-18H2,1-4H3,(H,29,31). The largest absolute Gasteiger partial charge is 0.493 e. The molecule has 0 bridgehead atoms. The molecule has 0 aliphatic heterocycles. The van der Waals surface area contributed by atoms with Gasteiger partial charge in [-0.2, -0.15) is 0 Å². The predicted octanol–water partition coefficient (Wildman–Crippen LogP) is 4.48. The van der Waals surface area contributed by atoms with Crippen molar-refractivity contribution in [2.75, 3.05) is 25.1 Å². The van der Waals surface area contributed by atoms with Gasteiger partial charge in [0, 0.05) is 12.6 Å².